The topological polar surface area (TPSA) is 60.9 Å². The summed E-state index contributed by atoms with van der Waals surface area (Å²) in [5.41, 5.74) is 1.71. The van der Waals surface area contributed by atoms with Gasteiger partial charge in [0, 0.05) is 31.8 Å². The predicted molar refractivity (Wildman–Crippen MR) is 90.3 cm³/mol. The Bertz CT molecular complexity index is 655. The minimum Gasteiger partial charge on any atom is -0.316 e. The third-order valence-electron chi connectivity index (χ3n) is 3.27. The van der Waals surface area contributed by atoms with Crippen molar-refractivity contribution in [2.24, 2.45) is 0 Å². The Kier molecular flexibility index (Phi) is 5.97. The summed E-state index contributed by atoms with van der Waals surface area (Å²) < 4.78 is 14.4. The van der Waals surface area contributed by atoms with Crippen LogP contribution < -0.4 is 0 Å². The van der Waals surface area contributed by atoms with Crippen molar-refractivity contribution in [2.75, 3.05) is 0 Å². The van der Waals surface area contributed by atoms with Crippen LogP contribution in [0.2, 0.25) is 0 Å². The van der Waals surface area contributed by atoms with Gasteiger partial charge >= 0.3 is 7.67 Å². The molecule has 0 aromatic heterocycles. The highest BCUT2D eigenvalue weighted by Gasteiger charge is 2.37. The number of rotatable bonds is 6. The summed E-state index contributed by atoms with van der Waals surface area (Å²) in [5.74, 6) is -0.677. The zero-order valence-electron chi connectivity index (χ0n) is 12.7. The molecule has 0 aliphatic heterocycles. The molecule has 2 aromatic rings. The van der Waals surface area contributed by atoms with E-state index >= 15 is 0 Å². The van der Waals surface area contributed by atoms with Gasteiger partial charge in [-0.1, -0.05) is 60.7 Å². The molecule has 2 rings (SSSR count). The summed E-state index contributed by atoms with van der Waals surface area (Å²) >= 11 is 5.76. The molecule has 1 unspecified atom stereocenters. The maximum atomic E-state index is 12.7. The summed E-state index contributed by atoms with van der Waals surface area (Å²) in [7, 11) is -4.20. The van der Waals surface area contributed by atoms with Crippen LogP contribution in [0.1, 0.15) is 18.1 Å². The first-order valence-electron chi connectivity index (χ1n) is 7.04. The van der Waals surface area contributed by atoms with E-state index in [0.29, 0.717) is 4.19 Å². The number of nitrogens with zero attached hydrogens (tertiary/aromatic N) is 2. The largest absolute Gasteiger partial charge is 0.386 e. The molecule has 0 heterocycles. The second-order valence-electron chi connectivity index (χ2n) is 5.09. The first kappa shape index (κ1) is 17.7. The molecular formula is C16H18ClN2O3P. The lowest BCUT2D eigenvalue weighted by atomic mass is 10.2. The molecule has 1 atom stereocenters. The van der Waals surface area contributed by atoms with Crippen molar-refractivity contribution in [1.29, 1.82) is 0 Å². The van der Waals surface area contributed by atoms with Crippen LogP contribution in [0.3, 0.4) is 0 Å². The molecule has 0 aliphatic carbocycles. The highest BCUT2D eigenvalue weighted by atomic mass is 35.5. The van der Waals surface area contributed by atoms with Crippen LogP contribution in [0.4, 0.5) is 0 Å². The fraction of sp³-hybridized carbons (Fsp3) is 0.188. The first-order chi connectivity index (χ1) is 10.9. The number of hydrogen-bond acceptors (Lipinski definition) is 2. The molecule has 23 heavy (non-hydrogen) atoms. The maximum absolute atomic E-state index is 12.7. The van der Waals surface area contributed by atoms with Crippen molar-refractivity contribution in [3.63, 3.8) is 0 Å². The van der Waals surface area contributed by atoms with E-state index in [9.17, 15) is 14.3 Å². The van der Waals surface area contributed by atoms with Crippen molar-refractivity contribution >= 4 is 25.4 Å². The van der Waals surface area contributed by atoms with E-state index in [0.717, 1.165) is 18.1 Å². The Labute approximate surface area is 140 Å². The van der Waals surface area contributed by atoms with Crippen molar-refractivity contribution in [3.05, 3.63) is 71.8 Å². The third kappa shape index (κ3) is 4.66. The van der Waals surface area contributed by atoms with Crippen LogP contribution in [0, 0.1) is 0 Å². The zero-order valence-corrected chi connectivity index (χ0v) is 14.3. The number of halogens is 1. The molecular weight excluding hydrogens is 335 g/mol. The van der Waals surface area contributed by atoms with E-state index in [1.807, 2.05) is 60.7 Å². The highest BCUT2D eigenvalue weighted by molar-refractivity contribution is 7.55. The van der Waals surface area contributed by atoms with Gasteiger partial charge in [0.15, 0.2) is 0 Å². The van der Waals surface area contributed by atoms with Gasteiger partial charge in [0.25, 0.3) is 0 Å². The Hall–Kier alpha value is -1.65. The van der Waals surface area contributed by atoms with Gasteiger partial charge in [0.05, 0.1) is 0 Å². The number of carbonyl (C=O) groups is 1. The van der Waals surface area contributed by atoms with Gasteiger partial charge in [-0.25, -0.2) is 9.24 Å². The predicted octanol–water partition coefficient (Wildman–Crippen LogP) is 3.79. The van der Waals surface area contributed by atoms with Crippen molar-refractivity contribution in [1.82, 2.24) is 8.86 Å². The second-order valence-corrected chi connectivity index (χ2v) is 7.65. The first-order valence-corrected chi connectivity index (χ1v) is 8.94. The van der Waals surface area contributed by atoms with E-state index in [1.54, 1.807) is 0 Å². The Balaban J connectivity index is 2.30. The summed E-state index contributed by atoms with van der Waals surface area (Å²) in [6, 6.07) is 18.5. The van der Waals surface area contributed by atoms with Crippen molar-refractivity contribution in [2.45, 2.75) is 20.0 Å². The van der Waals surface area contributed by atoms with E-state index in [1.165, 1.54) is 4.67 Å². The van der Waals surface area contributed by atoms with E-state index < -0.39 is 13.6 Å². The van der Waals surface area contributed by atoms with Gasteiger partial charge < -0.3 is 4.89 Å². The number of amides is 1. The standard InChI is InChI=1S/C16H18ClN2O3P/c1-14(20)19(17)23(21,22)18(12-15-8-4-2-5-9-15)13-16-10-6-3-7-11-16/h2-11H,12-13H2,1H3,(H,21,22). The second kappa shape index (κ2) is 7.75. The average Bonchev–Trinajstić information content (AvgIpc) is 2.55. The quantitative estimate of drug-likeness (QED) is 0.634. The van der Waals surface area contributed by atoms with Crippen LogP contribution in [0.5, 0.6) is 0 Å². The summed E-state index contributed by atoms with van der Waals surface area (Å²) in [4.78, 5) is 21.8. The molecule has 2 aromatic carbocycles. The maximum Gasteiger partial charge on any atom is 0.386 e. The highest BCUT2D eigenvalue weighted by Crippen LogP contribution is 2.52. The molecule has 122 valence electrons. The lowest BCUT2D eigenvalue weighted by Crippen LogP contribution is -2.28. The van der Waals surface area contributed by atoms with Crippen LogP contribution in [-0.2, 0) is 22.4 Å². The SMILES string of the molecule is CC(=O)N(Cl)P(=O)(O)N(Cc1ccccc1)Cc1ccccc1. The van der Waals surface area contributed by atoms with E-state index in [-0.39, 0.29) is 13.1 Å². The average molecular weight is 353 g/mol. The van der Waals surface area contributed by atoms with Crippen molar-refractivity contribution in [3.8, 4) is 0 Å². The third-order valence-corrected chi connectivity index (χ3v) is 5.86. The monoisotopic (exact) mass is 352 g/mol. The normalized spacial score (nSPS) is 13.6. The van der Waals surface area contributed by atoms with Gasteiger partial charge in [-0.15, -0.1) is 0 Å². The molecule has 0 aliphatic rings. The molecule has 0 saturated carbocycles. The molecule has 0 saturated heterocycles. The molecule has 0 fully saturated rings. The van der Waals surface area contributed by atoms with Crippen LogP contribution in [0.15, 0.2) is 60.7 Å². The van der Waals surface area contributed by atoms with Gasteiger partial charge in [-0.05, 0) is 11.1 Å². The van der Waals surface area contributed by atoms with Gasteiger partial charge in [0.2, 0.25) is 5.91 Å². The van der Waals surface area contributed by atoms with E-state index in [2.05, 4.69) is 0 Å². The summed E-state index contributed by atoms with van der Waals surface area (Å²) in [5, 5.41) is 0. The lowest BCUT2D eigenvalue weighted by Gasteiger charge is -2.30. The number of benzene rings is 2. The molecule has 1 N–H and O–H groups in total. The molecule has 0 radical (unpaired) electrons. The molecule has 7 heteroatoms. The van der Waals surface area contributed by atoms with Gasteiger partial charge in [-0.2, -0.15) is 4.19 Å². The number of carbonyl (C=O) groups excluding carboxylic acids is 1. The molecule has 5 nitrogen and oxygen atoms in total. The molecule has 0 spiro atoms. The minimum absolute atomic E-state index is 0.194. The Morgan fingerprint density at radius 2 is 1.39 bits per heavy atom. The fourth-order valence-electron chi connectivity index (χ4n) is 2.12. The van der Waals surface area contributed by atoms with Crippen LogP contribution in [0.25, 0.3) is 0 Å². The minimum atomic E-state index is -4.20. The lowest BCUT2D eigenvalue weighted by molar-refractivity contribution is -0.121. The summed E-state index contributed by atoms with van der Waals surface area (Å²) in [6.07, 6.45) is 0. The fourth-order valence-corrected chi connectivity index (χ4v) is 3.69. The summed E-state index contributed by atoms with van der Waals surface area (Å²) in [6.45, 7) is 1.54. The molecule has 1 amide bonds. The van der Waals surface area contributed by atoms with E-state index in [4.69, 9.17) is 11.8 Å². The Morgan fingerprint density at radius 1 is 1.00 bits per heavy atom. The van der Waals surface area contributed by atoms with Crippen molar-refractivity contribution < 1.29 is 14.3 Å². The van der Waals surface area contributed by atoms with Crippen LogP contribution >= 0.6 is 19.4 Å². The smallest absolute Gasteiger partial charge is 0.316 e. The number of hydrogen-bond donors (Lipinski definition) is 1. The zero-order chi connectivity index (χ0) is 16.9. The van der Waals surface area contributed by atoms with Gasteiger partial charge in [0.1, 0.15) is 0 Å². The molecule has 0 bridgehead atoms. The van der Waals surface area contributed by atoms with Gasteiger partial charge in [-0.3, -0.25) is 4.79 Å². The van der Waals surface area contributed by atoms with Crippen LogP contribution in [-0.4, -0.2) is 19.7 Å². The Morgan fingerprint density at radius 3 is 1.74 bits per heavy atom.